The fourth-order valence-corrected chi connectivity index (χ4v) is 3.41. The van der Waals surface area contributed by atoms with Crippen molar-refractivity contribution >= 4 is 0 Å². The average molecular weight is 340 g/mol. The van der Waals surface area contributed by atoms with Crippen LogP contribution in [0.25, 0.3) is 0 Å². The Hall–Kier alpha value is -2.04. The Morgan fingerprint density at radius 3 is 2.68 bits per heavy atom. The molecule has 0 aliphatic carbocycles. The zero-order valence-corrected chi connectivity index (χ0v) is 15.4. The zero-order valence-electron chi connectivity index (χ0n) is 15.4. The number of hydrogen-bond donors (Lipinski definition) is 1. The lowest BCUT2D eigenvalue weighted by Gasteiger charge is -2.24. The number of hydrogen-bond acceptors (Lipinski definition) is 4. The fourth-order valence-electron chi connectivity index (χ4n) is 3.41. The highest BCUT2D eigenvalue weighted by molar-refractivity contribution is 5.49. The highest BCUT2D eigenvalue weighted by atomic mass is 16.5. The molecule has 25 heavy (non-hydrogen) atoms. The molecule has 0 saturated heterocycles. The molecule has 4 heteroatoms. The Labute approximate surface area is 150 Å². The van der Waals surface area contributed by atoms with Gasteiger partial charge < -0.3 is 19.7 Å². The standard InChI is InChI=1S/C21H28N2O2/c1-4-23(5-2)13-12-22-21-18-9-7-6-8-16(18)15-25-20-11-10-17(24-3)14-19(20)21/h6-11,14,21-22H,4-5,12-13,15H2,1-3H3. The summed E-state index contributed by atoms with van der Waals surface area (Å²) in [4.78, 5) is 2.43. The minimum atomic E-state index is 0.111. The van der Waals surface area contributed by atoms with Crippen molar-refractivity contribution in [2.45, 2.75) is 26.5 Å². The fraction of sp³-hybridized carbons (Fsp3) is 0.429. The predicted octanol–water partition coefficient (Wildman–Crippen LogP) is 3.61. The monoisotopic (exact) mass is 340 g/mol. The molecule has 0 bridgehead atoms. The molecule has 3 rings (SSSR count). The average Bonchev–Trinajstić information content (AvgIpc) is 2.82. The second-order valence-corrected chi connectivity index (χ2v) is 6.31. The van der Waals surface area contributed by atoms with Gasteiger partial charge in [-0.3, -0.25) is 0 Å². The van der Waals surface area contributed by atoms with E-state index in [1.165, 1.54) is 11.1 Å². The van der Waals surface area contributed by atoms with E-state index in [1.54, 1.807) is 7.11 Å². The molecule has 2 aromatic rings. The highest BCUT2D eigenvalue weighted by Gasteiger charge is 2.24. The summed E-state index contributed by atoms with van der Waals surface area (Å²) in [5, 5.41) is 3.75. The van der Waals surface area contributed by atoms with Gasteiger partial charge in [0, 0.05) is 18.7 Å². The number of fused-ring (bicyclic) bond motifs is 2. The summed E-state index contributed by atoms with van der Waals surface area (Å²) in [6, 6.07) is 14.7. The van der Waals surface area contributed by atoms with E-state index >= 15 is 0 Å². The summed E-state index contributed by atoms with van der Waals surface area (Å²) >= 11 is 0. The van der Waals surface area contributed by atoms with E-state index in [1.807, 2.05) is 12.1 Å². The summed E-state index contributed by atoms with van der Waals surface area (Å²) in [5.41, 5.74) is 3.66. The van der Waals surface area contributed by atoms with Crippen LogP contribution in [0.2, 0.25) is 0 Å². The number of nitrogens with one attached hydrogen (secondary N) is 1. The summed E-state index contributed by atoms with van der Waals surface area (Å²) in [5.74, 6) is 1.79. The van der Waals surface area contributed by atoms with Crippen LogP contribution in [0.3, 0.4) is 0 Å². The van der Waals surface area contributed by atoms with E-state index in [9.17, 15) is 0 Å². The third-order valence-corrected chi connectivity index (χ3v) is 4.95. The van der Waals surface area contributed by atoms with Gasteiger partial charge in [-0.25, -0.2) is 0 Å². The molecule has 2 aromatic carbocycles. The summed E-state index contributed by atoms with van der Waals surface area (Å²) in [6.07, 6.45) is 0. The molecular weight excluding hydrogens is 312 g/mol. The van der Waals surface area contributed by atoms with Crippen molar-refractivity contribution in [3.05, 3.63) is 59.2 Å². The Bertz CT molecular complexity index is 698. The maximum Gasteiger partial charge on any atom is 0.125 e. The van der Waals surface area contributed by atoms with Gasteiger partial charge in [0.2, 0.25) is 0 Å². The van der Waals surface area contributed by atoms with Gasteiger partial charge in [0.05, 0.1) is 13.2 Å². The van der Waals surface area contributed by atoms with Crippen LogP contribution >= 0.6 is 0 Å². The largest absolute Gasteiger partial charge is 0.497 e. The molecule has 1 aliphatic heterocycles. The van der Waals surface area contributed by atoms with Crippen LogP contribution in [0, 0.1) is 0 Å². The lowest BCUT2D eigenvalue weighted by Crippen LogP contribution is -2.34. The summed E-state index contributed by atoms with van der Waals surface area (Å²) in [7, 11) is 1.70. The van der Waals surface area contributed by atoms with Crippen molar-refractivity contribution in [2.75, 3.05) is 33.3 Å². The molecule has 1 atom stereocenters. The normalized spacial score (nSPS) is 15.9. The third kappa shape index (κ3) is 3.97. The number of likely N-dealkylation sites (N-methyl/N-ethyl adjacent to an activating group) is 1. The maximum atomic E-state index is 6.07. The zero-order chi connectivity index (χ0) is 17.6. The number of benzene rings is 2. The molecule has 0 spiro atoms. The van der Waals surface area contributed by atoms with Crippen molar-refractivity contribution < 1.29 is 9.47 Å². The van der Waals surface area contributed by atoms with Crippen LogP contribution in [0.4, 0.5) is 0 Å². The van der Waals surface area contributed by atoms with Crippen LogP contribution in [0.15, 0.2) is 42.5 Å². The molecule has 4 nitrogen and oxygen atoms in total. The van der Waals surface area contributed by atoms with Gasteiger partial charge in [-0.15, -0.1) is 0 Å². The van der Waals surface area contributed by atoms with Gasteiger partial charge in [0.15, 0.2) is 0 Å². The van der Waals surface area contributed by atoms with E-state index in [2.05, 4.69) is 54.4 Å². The Morgan fingerprint density at radius 1 is 1.12 bits per heavy atom. The lowest BCUT2D eigenvalue weighted by molar-refractivity contribution is 0.297. The number of nitrogens with zero attached hydrogens (tertiary/aromatic N) is 1. The summed E-state index contributed by atoms with van der Waals surface area (Å²) in [6.45, 7) is 9.13. The number of methoxy groups -OCH3 is 1. The summed E-state index contributed by atoms with van der Waals surface area (Å²) < 4.78 is 11.5. The molecule has 1 heterocycles. The minimum Gasteiger partial charge on any atom is -0.497 e. The molecular formula is C21H28N2O2. The van der Waals surface area contributed by atoms with Gasteiger partial charge in [-0.1, -0.05) is 38.1 Å². The van der Waals surface area contributed by atoms with Crippen molar-refractivity contribution in [3.8, 4) is 11.5 Å². The van der Waals surface area contributed by atoms with E-state index in [0.29, 0.717) is 6.61 Å². The minimum absolute atomic E-state index is 0.111. The molecule has 0 aromatic heterocycles. The van der Waals surface area contributed by atoms with Crippen LogP contribution in [-0.2, 0) is 6.61 Å². The van der Waals surface area contributed by atoms with Crippen LogP contribution in [0.5, 0.6) is 11.5 Å². The van der Waals surface area contributed by atoms with Crippen molar-refractivity contribution in [1.82, 2.24) is 10.2 Å². The molecule has 0 radical (unpaired) electrons. The number of ether oxygens (including phenoxy) is 2. The van der Waals surface area contributed by atoms with Gasteiger partial charge in [0.25, 0.3) is 0 Å². The first-order valence-corrected chi connectivity index (χ1v) is 9.11. The van der Waals surface area contributed by atoms with E-state index in [4.69, 9.17) is 9.47 Å². The molecule has 0 amide bonds. The SMILES string of the molecule is CCN(CC)CCNC1c2ccccc2COc2ccc(OC)cc21. The van der Waals surface area contributed by atoms with E-state index < -0.39 is 0 Å². The van der Waals surface area contributed by atoms with Crippen molar-refractivity contribution in [3.63, 3.8) is 0 Å². The van der Waals surface area contributed by atoms with Crippen LogP contribution < -0.4 is 14.8 Å². The Balaban J connectivity index is 1.91. The number of rotatable bonds is 7. The first-order valence-electron chi connectivity index (χ1n) is 9.11. The lowest BCUT2D eigenvalue weighted by atomic mass is 9.95. The molecule has 1 unspecified atom stereocenters. The third-order valence-electron chi connectivity index (χ3n) is 4.95. The molecule has 0 fully saturated rings. The molecule has 1 aliphatic rings. The first kappa shape index (κ1) is 17.8. The van der Waals surface area contributed by atoms with Gasteiger partial charge in [-0.2, -0.15) is 0 Å². The van der Waals surface area contributed by atoms with Gasteiger partial charge in [0.1, 0.15) is 18.1 Å². The Kier molecular flexibility index (Phi) is 5.95. The predicted molar refractivity (Wildman–Crippen MR) is 101 cm³/mol. The maximum absolute atomic E-state index is 6.07. The highest BCUT2D eigenvalue weighted by Crippen LogP contribution is 2.37. The van der Waals surface area contributed by atoms with E-state index in [0.717, 1.165) is 43.2 Å². The van der Waals surface area contributed by atoms with Crippen LogP contribution in [-0.4, -0.2) is 38.2 Å². The molecule has 0 saturated carbocycles. The van der Waals surface area contributed by atoms with Crippen molar-refractivity contribution in [2.24, 2.45) is 0 Å². The van der Waals surface area contributed by atoms with Gasteiger partial charge >= 0.3 is 0 Å². The topological polar surface area (TPSA) is 33.7 Å². The first-order chi connectivity index (χ1) is 12.3. The Morgan fingerprint density at radius 2 is 1.92 bits per heavy atom. The quantitative estimate of drug-likeness (QED) is 0.835. The van der Waals surface area contributed by atoms with Gasteiger partial charge in [-0.05, 0) is 42.4 Å². The van der Waals surface area contributed by atoms with Crippen LogP contribution in [0.1, 0.15) is 36.6 Å². The second-order valence-electron chi connectivity index (χ2n) is 6.31. The molecule has 134 valence electrons. The smallest absolute Gasteiger partial charge is 0.125 e. The van der Waals surface area contributed by atoms with Crippen molar-refractivity contribution in [1.29, 1.82) is 0 Å². The van der Waals surface area contributed by atoms with E-state index in [-0.39, 0.29) is 6.04 Å². The molecule has 1 N–H and O–H groups in total. The second kappa shape index (κ2) is 8.37.